The Morgan fingerprint density at radius 1 is 1.32 bits per heavy atom. The number of hydrogen-bond donors (Lipinski definition) is 0. The van der Waals surface area contributed by atoms with Gasteiger partial charge in [0.1, 0.15) is 10.8 Å². The van der Waals surface area contributed by atoms with Gasteiger partial charge in [-0.05, 0) is 42.8 Å². The Bertz CT molecular complexity index is 599. The maximum atomic E-state index is 12.8. The van der Waals surface area contributed by atoms with Gasteiger partial charge >= 0.3 is 5.97 Å². The minimum absolute atomic E-state index is 0.268. The Balaban J connectivity index is 2.22. The lowest BCUT2D eigenvalue weighted by Gasteiger charge is -2.06. The number of methoxy groups -OCH3 is 1. The molecule has 0 atom stereocenters. The third kappa shape index (κ3) is 3.32. The Morgan fingerprint density at radius 3 is 2.58 bits per heavy atom. The summed E-state index contributed by atoms with van der Waals surface area (Å²) in [5.74, 6) is -0.677. The van der Waals surface area contributed by atoms with E-state index in [4.69, 9.17) is 0 Å². The lowest BCUT2D eigenvalue weighted by molar-refractivity contribution is 0.0600. The van der Waals surface area contributed by atoms with Crippen LogP contribution in [0.4, 0.5) is 4.39 Å². The summed E-state index contributed by atoms with van der Waals surface area (Å²) >= 11 is 1.42. The van der Waals surface area contributed by atoms with E-state index in [-0.39, 0.29) is 5.82 Å². The number of hydrogen-bond acceptors (Lipinski definition) is 4. The highest BCUT2D eigenvalue weighted by Gasteiger charge is 2.09. The van der Waals surface area contributed by atoms with E-state index in [2.05, 4.69) is 9.72 Å². The molecule has 1 heterocycles. The quantitative estimate of drug-likeness (QED) is 0.805. The van der Waals surface area contributed by atoms with Crippen molar-refractivity contribution >= 4 is 17.7 Å². The van der Waals surface area contributed by atoms with Crippen LogP contribution in [0.3, 0.4) is 0 Å². The first-order valence-electron chi connectivity index (χ1n) is 5.58. The second kappa shape index (κ2) is 5.84. The van der Waals surface area contributed by atoms with Crippen molar-refractivity contribution in [2.45, 2.75) is 16.8 Å². The molecular weight excluding hydrogens is 265 g/mol. The Labute approximate surface area is 114 Å². The number of carbonyl (C=O) groups excluding carboxylic acids is 1. The maximum absolute atomic E-state index is 12.8. The fourth-order valence-electron chi connectivity index (χ4n) is 1.51. The molecule has 0 saturated carbocycles. The molecule has 0 fully saturated rings. The highest BCUT2D eigenvalue weighted by atomic mass is 32.2. The van der Waals surface area contributed by atoms with Crippen molar-refractivity contribution < 1.29 is 13.9 Å². The van der Waals surface area contributed by atoms with Crippen LogP contribution in [0.1, 0.15) is 15.9 Å². The van der Waals surface area contributed by atoms with E-state index in [1.165, 1.54) is 37.2 Å². The highest BCUT2D eigenvalue weighted by Crippen LogP contribution is 2.28. The van der Waals surface area contributed by atoms with E-state index in [0.29, 0.717) is 5.56 Å². The number of halogens is 1. The van der Waals surface area contributed by atoms with Gasteiger partial charge in [-0.15, -0.1) is 0 Å². The van der Waals surface area contributed by atoms with Crippen LogP contribution in [0, 0.1) is 12.7 Å². The number of aryl methyl sites for hydroxylation is 1. The highest BCUT2D eigenvalue weighted by molar-refractivity contribution is 7.99. The topological polar surface area (TPSA) is 39.2 Å². The van der Waals surface area contributed by atoms with Crippen molar-refractivity contribution in [3.63, 3.8) is 0 Å². The summed E-state index contributed by atoms with van der Waals surface area (Å²) in [4.78, 5) is 16.5. The standard InChI is InChI=1S/C14H12FNO2S/c1-9-7-10(14(17)18-2)8-16-13(9)19-12-5-3-11(15)4-6-12/h3-8H,1-2H3. The van der Waals surface area contributed by atoms with Gasteiger partial charge in [0.05, 0.1) is 12.7 Å². The van der Waals surface area contributed by atoms with Crippen molar-refractivity contribution in [3.8, 4) is 0 Å². The number of pyridine rings is 1. The fraction of sp³-hybridized carbons (Fsp3) is 0.143. The molecule has 0 aliphatic carbocycles. The lowest BCUT2D eigenvalue weighted by atomic mass is 10.2. The van der Waals surface area contributed by atoms with E-state index < -0.39 is 5.97 Å². The molecule has 2 aromatic rings. The van der Waals surface area contributed by atoms with Gasteiger partial charge in [0.15, 0.2) is 0 Å². The van der Waals surface area contributed by atoms with E-state index >= 15 is 0 Å². The van der Waals surface area contributed by atoms with E-state index in [1.54, 1.807) is 18.2 Å². The largest absolute Gasteiger partial charge is 0.465 e. The molecule has 0 spiro atoms. The van der Waals surface area contributed by atoms with Gasteiger partial charge in [0, 0.05) is 11.1 Å². The Hall–Kier alpha value is -1.88. The van der Waals surface area contributed by atoms with E-state index in [1.807, 2.05) is 6.92 Å². The molecule has 2 rings (SSSR count). The zero-order valence-corrected chi connectivity index (χ0v) is 11.3. The number of carbonyl (C=O) groups is 1. The summed E-state index contributed by atoms with van der Waals surface area (Å²) < 4.78 is 17.4. The van der Waals surface area contributed by atoms with Gasteiger partial charge < -0.3 is 4.74 Å². The molecule has 0 saturated heterocycles. The first kappa shape index (κ1) is 13.5. The lowest BCUT2D eigenvalue weighted by Crippen LogP contribution is -2.02. The van der Waals surface area contributed by atoms with Gasteiger partial charge in [-0.25, -0.2) is 14.2 Å². The SMILES string of the molecule is COC(=O)c1cnc(Sc2ccc(F)cc2)c(C)c1. The smallest absolute Gasteiger partial charge is 0.339 e. The van der Waals surface area contributed by atoms with E-state index in [0.717, 1.165) is 15.5 Å². The van der Waals surface area contributed by atoms with Gasteiger partial charge in [0.2, 0.25) is 0 Å². The first-order chi connectivity index (χ1) is 9.10. The van der Waals surface area contributed by atoms with Gasteiger partial charge in [0.25, 0.3) is 0 Å². The van der Waals surface area contributed by atoms with Crippen LogP contribution >= 0.6 is 11.8 Å². The zero-order valence-electron chi connectivity index (χ0n) is 10.5. The number of esters is 1. The number of aromatic nitrogens is 1. The number of benzene rings is 1. The molecule has 0 amide bonds. The van der Waals surface area contributed by atoms with Crippen molar-refractivity contribution in [2.24, 2.45) is 0 Å². The number of ether oxygens (including phenoxy) is 1. The Morgan fingerprint density at radius 2 is 2.00 bits per heavy atom. The minimum Gasteiger partial charge on any atom is -0.465 e. The molecule has 98 valence electrons. The molecule has 0 unspecified atom stereocenters. The summed E-state index contributed by atoms with van der Waals surface area (Å²) in [6.07, 6.45) is 1.48. The molecule has 1 aromatic carbocycles. The van der Waals surface area contributed by atoms with Crippen LogP contribution in [0.5, 0.6) is 0 Å². The summed E-state index contributed by atoms with van der Waals surface area (Å²) in [5.41, 5.74) is 1.29. The van der Waals surface area contributed by atoms with Crippen LogP contribution in [-0.2, 0) is 4.74 Å². The maximum Gasteiger partial charge on any atom is 0.339 e. The normalized spacial score (nSPS) is 10.3. The van der Waals surface area contributed by atoms with Crippen molar-refractivity contribution in [2.75, 3.05) is 7.11 Å². The molecule has 0 N–H and O–H groups in total. The molecule has 0 radical (unpaired) electrons. The molecule has 3 nitrogen and oxygen atoms in total. The summed E-state index contributed by atoms with van der Waals surface area (Å²) in [6, 6.07) is 7.91. The average Bonchev–Trinajstić information content (AvgIpc) is 2.42. The molecule has 19 heavy (non-hydrogen) atoms. The van der Waals surface area contributed by atoms with Crippen LogP contribution in [0.2, 0.25) is 0 Å². The van der Waals surface area contributed by atoms with Gasteiger partial charge in [-0.1, -0.05) is 11.8 Å². The molecule has 0 bridgehead atoms. The molecule has 0 aliphatic heterocycles. The van der Waals surface area contributed by atoms with Crippen LogP contribution < -0.4 is 0 Å². The predicted molar refractivity (Wildman–Crippen MR) is 70.8 cm³/mol. The van der Waals surface area contributed by atoms with E-state index in [9.17, 15) is 9.18 Å². The van der Waals surface area contributed by atoms with Gasteiger partial charge in [-0.2, -0.15) is 0 Å². The van der Waals surface area contributed by atoms with Gasteiger partial charge in [-0.3, -0.25) is 0 Å². The Kier molecular flexibility index (Phi) is 4.16. The number of rotatable bonds is 3. The summed E-state index contributed by atoms with van der Waals surface area (Å²) in [7, 11) is 1.33. The zero-order chi connectivity index (χ0) is 13.8. The van der Waals surface area contributed by atoms with Crippen LogP contribution in [0.15, 0.2) is 46.5 Å². The summed E-state index contributed by atoms with van der Waals surface area (Å²) in [6.45, 7) is 1.87. The fourth-order valence-corrected chi connectivity index (χ4v) is 2.33. The molecule has 5 heteroatoms. The second-order valence-electron chi connectivity index (χ2n) is 3.89. The average molecular weight is 277 g/mol. The molecular formula is C14H12FNO2S. The predicted octanol–water partition coefficient (Wildman–Crippen LogP) is 3.47. The minimum atomic E-state index is -0.408. The molecule has 1 aromatic heterocycles. The van der Waals surface area contributed by atoms with Crippen LogP contribution in [0.25, 0.3) is 0 Å². The first-order valence-corrected chi connectivity index (χ1v) is 6.40. The van der Waals surface area contributed by atoms with Crippen molar-refractivity contribution in [1.82, 2.24) is 4.98 Å². The van der Waals surface area contributed by atoms with Crippen molar-refractivity contribution in [3.05, 3.63) is 53.5 Å². The summed E-state index contributed by atoms with van der Waals surface area (Å²) in [5, 5.41) is 0.777. The monoisotopic (exact) mass is 277 g/mol. The van der Waals surface area contributed by atoms with Crippen molar-refractivity contribution in [1.29, 1.82) is 0 Å². The number of nitrogens with zero attached hydrogens (tertiary/aromatic N) is 1. The third-order valence-corrected chi connectivity index (χ3v) is 3.61. The molecule has 0 aliphatic rings. The van der Waals surface area contributed by atoms with Crippen LogP contribution in [-0.4, -0.2) is 18.1 Å². The third-order valence-electron chi connectivity index (χ3n) is 2.48. The second-order valence-corrected chi connectivity index (χ2v) is 4.96.